The molecule has 11 nitrogen and oxygen atoms in total. The summed E-state index contributed by atoms with van der Waals surface area (Å²) in [6, 6.07) is 6.08. The summed E-state index contributed by atoms with van der Waals surface area (Å²) in [7, 11) is 2.93. The molecule has 1 aromatic carbocycles. The second-order valence-electron chi connectivity index (χ2n) is 5.88. The number of hydrogen-bond acceptors (Lipinski definition) is 7. The number of fused-ring (bicyclic) bond motifs is 3. The van der Waals surface area contributed by atoms with E-state index >= 15 is 0 Å². The minimum Gasteiger partial charge on any atom is -0.297 e. The highest BCUT2D eigenvalue weighted by molar-refractivity contribution is 6.02. The largest absolute Gasteiger partial charge is 0.332 e. The van der Waals surface area contributed by atoms with Crippen molar-refractivity contribution in [3.63, 3.8) is 0 Å². The molecule has 0 radical (unpaired) electrons. The maximum atomic E-state index is 12.6. The lowest BCUT2D eigenvalue weighted by Gasteiger charge is -2.16. The van der Waals surface area contributed by atoms with Crippen LogP contribution in [-0.2, 0) is 20.6 Å². The van der Waals surface area contributed by atoms with Crippen LogP contribution in [0.4, 0.5) is 11.6 Å². The van der Waals surface area contributed by atoms with Gasteiger partial charge in [-0.1, -0.05) is 12.1 Å². The first-order valence-corrected chi connectivity index (χ1v) is 7.62. The molecular formula is C15H13N7O4. The van der Waals surface area contributed by atoms with Crippen LogP contribution in [0.3, 0.4) is 0 Å². The summed E-state index contributed by atoms with van der Waals surface area (Å²) in [4.78, 5) is 39.4. The Bertz CT molecular complexity index is 1230. The molecule has 3 heterocycles. The van der Waals surface area contributed by atoms with Gasteiger partial charge in [0.15, 0.2) is 11.2 Å². The van der Waals surface area contributed by atoms with Gasteiger partial charge in [0, 0.05) is 31.8 Å². The second kappa shape index (κ2) is 5.37. The number of anilines is 1. The van der Waals surface area contributed by atoms with Crippen molar-refractivity contribution in [2.75, 3.05) is 5.43 Å². The molecule has 132 valence electrons. The molecule has 11 heteroatoms. The predicted molar refractivity (Wildman–Crippen MR) is 93.5 cm³/mol. The molecule has 2 aromatic heterocycles. The van der Waals surface area contributed by atoms with Gasteiger partial charge in [0.1, 0.15) is 0 Å². The topological polar surface area (TPSA) is 129 Å². The summed E-state index contributed by atoms with van der Waals surface area (Å²) in [5.74, 6) is 0.326. The average Bonchev–Trinajstić information content (AvgIpc) is 3.03. The molecule has 0 unspecified atom stereocenters. The van der Waals surface area contributed by atoms with Crippen molar-refractivity contribution in [2.45, 2.75) is 6.54 Å². The summed E-state index contributed by atoms with van der Waals surface area (Å²) in [6.45, 7) is 0.188. The van der Waals surface area contributed by atoms with Crippen molar-refractivity contribution in [3.8, 4) is 0 Å². The van der Waals surface area contributed by atoms with Gasteiger partial charge in [-0.15, -0.1) is 0 Å². The Balaban J connectivity index is 1.87. The highest BCUT2D eigenvalue weighted by Gasteiger charge is 2.23. The molecule has 0 aliphatic carbocycles. The fraction of sp³-hybridized carbons (Fsp3) is 0.200. The first kappa shape index (κ1) is 15.7. The van der Waals surface area contributed by atoms with E-state index in [1.807, 2.05) is 0 Å². The summed E-state index contributed by atoms with van der Waals surface area (Å²) < 4.78 is 3.91. The molecular weight excluding hydrogens is 342 g/mol. The molecule has 0 fully saturated rings. The molecule has 0 saturated heterocycles. The number of rotatable bonds is 2. The van der Waals surface area contributed by atoms with E-state index in [1.165, 1.54) is 30.8 Å². The van der Waals surface area contributed by atoms with Crippen molar-refractivity contribution in [2.24, 2.45) is 19.2 Å². The Morgan fingerprint density at radius 2 is 2.00 bits per heavy atom. The molecule has 0 amide bonds. The third kappa shape index (κ3) is 2.13. The number of nitro groups is 1. The number of hydrazone groups is 1. The highest BCUT2D eigenvalue weighted by Crippen LogP contribution is 2.22. The minimum absolute atomic E-state index is 0.0511. The third-order valence-corrected chi connectivity index (χ3v) is 4.34. The lowest BCUT2D eigenvalue weighted by molar-refractivity contribution is -0.384. The number of nitrogens with one attached hydrogen (secondary N) is 1. The van der Waals surface area contributed by atoms with E-state index in [2.05, 4.69) is 15.5 Å². The normalized spacial score (nSPS) is 13.2. The maximum absolute atomic E-state index is 12.6. The van der Waals surface area contributed by atoms with E-state index in [0.29, 0.717) is 17.2 Å². The molecule has 4 rings (SSSR count). The summed E-state index contributed by atoms with van der Waals surface area (Å²) in [5.41, 5.74) is 3.33. The van der Waals surface area contributed by atoms with Crippen LogP contribution in [0.2, 0.25) is 0 Å². The number of nitrogens with zero attached hydrogens (tertiary/aromatic N) is 6. The quantitative estimate of drug-likeness (QED) is 0.515. The fourth-order valence-corrected chi connectivity index (χ4v) is 2.94. The first-order chi connectivity index (χ1) is 12.4. The highest BCUT2D eigenvalue weighted by atomic mass is 16.6. The van der Waals surface area contributed by atoms with Crippen LogP contribution >= 0.6 is 0 Å². The molecule has 0 atom stereocenters. The van der Waals surface area contributed by atoms with Crippen LogP contribution in [0.15, 0.2) is 39.0 Å². The lowest BCUT2D eigenvalue weighted by atomic mass is 10.1. The number of aromatic nitrogens is 4. The van der Waals surface area contributed by atoms with E-state index < -0.39 is 16.2 Å². The maximum Gasteiger partial charge on any atom is 0.332 e. The average molecular weight is 355 g/mol. The zero-order valence-corrected chi connectivity index (χ0v) is 13.8. The van der Waals surface area contributed by atoms with Gasteiger partial charge >= 0.3 is 5.69 Å². The lowest BCUT2D eigenvalue weighted by Crippen LogP contribution is -2.38. The van der Waals surface area contributed by atoms with Crippen molar-refractivity contribution in [1.29, 1.82) is 0 Å². The molecule has 1 N–H and O–H groups in total. The van der Waals surface area contributed by atoms with Gasteiger partial charge in [-0.05, 0) is 0 Å². The Kier molecular flexibility index (Phi) is 3.26. The summed E-state index contributed by atoms with van der Waals surface area (Å²) >= 11 is 0. The Morgan fingerprint density at radius 3 is 2.73 bits per heavy atom. The zero-order valence-electron chi connectivity index (χ0n) is 13.8. The van der Waals surface area contributed by atoms with Crippen LogP contribution in [0, 0.1) is 10.1 Å². The molecule has 3 aromatic rings. The van der Waals surface area contributed by atoms with Crippen molar-refractivity contribution >= 4 is 28.5 Å². The van der Waals surface area contributed by atoms with Crippen molar-refractivity contribution in [1.82, 2.24) is 18.7 Å². The SMILES string of the molecule is Cn1c(=O)c2c(nc3n2CC(c2cccc([N+](=O)[O-])c2)=NN3)n(C)c1=O. The van der Waals surface area contributed by atoms with Crippen molar-refractivity contribution < 1.29 is 4.92 Å². The van der Waals surface area contributed by atoms with Crippen LogP contribution in [0.5, 0.6) is 0 Å². The zero-order chi connectivity index (χ0) is 18.6. The Morgan fingerprint density at radius 1 is 1.23 bits per heavy atom. The standard InChI is InChI=1S/C15H13N7O4/c1-19-12-11(13(23)20(2)15(19)24)21-7-10(17-18-14(21)16-12)8-4-3-5-9(6-8)22(25)26/h3-6H,7H2,1-2H3,(H,16,18). The molecule has 1 aliphatic rings. The smallest absolute Gasteiger partial charge is 0.297 e. The van der Waals surface area contributed by atoms with Crippen LogP contribution < -0.4 is 16.7 Å². The van der Waals surface area contributed by atoms with E-state index in [0.717, 1.165) is 4.57 Å². The van der Waals surface area contributed by atoms with E-state index in [-0.39, 0.29) is 23.4 Å². The van der Waals surface area contributed by atoms with Gasteiger partial charge in [-0.25, -0.2) is 10.2 Å². The van der Waals surface area contributed by atoms with Crippen molar-refractivity contribution in [3.05, 3.63) is 60.8 Å². The molecule has 0 bridgehead atoms. The Hall–Kier alpha value is -3.76. The van der Waals surface area contributed by atoms with Gasteiger partial charge in [0.2, 0.25) is 5.95 Å². The molecule has 1 aliphatic heterocycles. The van der Waals surface area contributed by atoms with Gasteiger partial charge < -0.3 is 0 Å². The number of benzene rings is 1. The second-order valence-corrected chi connectivity index (χ2v) is 5.88. The number of imidazole rings is 1. The first-order valence-electron chi connectivity index (χ1n) is 7.62. The van der Waals surface area contributed by atoms with Crippen LogP contribution in [0.25, 0.3) is 11.2 Å². The van der Waals surface area contributed by atoms with Crippen LogP contribution in [0.1, 0.15) is 5.56 Å². The summed E-state index contributed by atoms with van der Waals surface area (Å²) in [6.07, 6.45) is 0. The number of nitro benzene ring substituents is 1. The number of aryl methyl sites for hydroxylation is 1. The van der Waals surface area contributed by atoms with Crippen LogP contribution in [-0.4, -0.2) is 29.3 Å². The van der Waals surface area contributed by atoms with E-state index in [1.54, 1.807) is 16.7 Å². The molecule has 26 heavy (non-hydrogen) atoms. The van der Waals surface area contributed by atoms with Gasteiger partial charge in [-0.2, -0.15) is 10.1 Å². The van der Waals surface area contributed by atoms with Gasteiger partial charge in [-0.3, -0.25) is 28.6 Å². The number of hydrogen-bond donors (Lipinski definition) is 1. The van der Waals surface area contributed by atoms with Gasteiger partial charge in [0.25, 0.3) is 11.2 Å². The van der Waals surface area contributed by atoms with E-state index in [9.17, 15) is 19.7 Å². The molecule has 0 saturated carbocycles. The summed E-state index contributed by atoms with van der Waals surface area (Å²) in [5, 5.41) is 15.2. The monoisotopic (exact) mass is 355 g/mol. The fourth-order valence-electron chi connectivity index (χ4n) is 2.94. The van der Waals surface area contributed by atoms with E-state index in [4.69, 9.17) is 0 Å². The Labute approximate surface area is 145 Å². The molecule has 0 spiro atoms. The van der Waals surface area contributed by atoms with Gasteiger partial charge in [0.05, 0.1) is 17.2 Å². The minimum atomic E-state index is -0.482. The number of non-ortho nitro benzene ring substituents is 1. The third-order valence-electron chi connectivity index (χ3n) is 4.34. The predicted octanol–water partition coefficient (Wildman–Crippen LogP) is 0.172.